The number of hydrogen-bond donors (Lipinski definition) is 1. The Hall–Kier alpha value is -2.67. The summed E-state index contributed by atoms with van der Waals surface area (Å²) in [5.41, 5.74) is 8.31. The SMILES string of the molecule is NC(=NCCCc1nc2ccccc2s1)N1CCN(c2ccc(F)cc2)CC1. The lowest BCUT2D eigenvalue weighted by atomic mass is 10.2. The highest BCUT2D eigenvalue weighted by Gasteiger charge is 2.18. The summed E-state index contributed by atoms with van der Waals surface area (Å²) in [6, 6.07) is 14.9. The fourth-order valence-corrected chi connectivity index (χ4v) is 4.41. The van der Waals surface area contributed by atoms with Crippen molar-refractivity contribution >= 4 is 33.2 Å². The van der Waals surface area contributed by atoms with Gasteiger partial charge in [0.15, 0.2) is 5.96 Å². The molecular formula is C21H24FN5S. The van der Waals surface area contributed by atoms with E-state index in [1.165, 1.54) is 16.8 Å². The summed E-state index contributed by atoms with van der Waals surface area (Å²) in [5, 5.41) is 1.16. The molecule has 1 aliphatic rings. The summed E-state index contributed by atoms with van der Waals surface area (Å²) in [6.45, 7) is 4.07. The topological polar surface area (TPSA) is 57.8 Å². The molecule has 1 saturated heterocycles. The molecule has 1 fully saturated rings. The quantitative estimate of drug-likeness (QED) is 0.407. The van der Waals surface area contributed by atoms with E-state index in [1.807, 2.05) is 24.3 Å². The molecule has 0 amide bonds. The zero-order valence-corrected chi connectivity index (χ0v) is 16.5. The zero-order valence-electron chi connectivity index (χ0n) is 15.7. The number of rotatable bonds is 5. The van der Waals surface area contributed by atoms with Crippen LogP contribution in [0.25, 0.3) is 10.2 Å². The highest BCUT2D eigenvalue weighted by molar-refractivity contribution is 7.18. The summed E-state index contributed by atoms with van der Waals surface area (Å²) in [6.07, 6.45) is 1.87. The van der Waals surface area contributed by atoms with Crippen molar-refractivity contribution in [1.82, 2.24) is 9.88 Å². The average Bonchev–Trinajstić information content (AvgIpc) is 3.15. The van der Waals surface area contributed by atoms with E-state index in [4.69, 9.17) is 5.73 Å². The lowest BCUT2D eigenvalue weighted by Crippen LogP contribution is -2.51. The maximum atomic E-state index is 13.1. The molecule has 0 bridgehead atoms. The maximum absolute atomic E-state index is 13.1. The first-order valence-corrected chi connectivity index (χ1v) is 10.4. The molecule has 4 rings (SSSR count). The lowest BCUT2D eigenvalue weighted by molar-refractivity contribution is 0.380. The number of nitrogens with two attached hydrogens (primary N) is 1. The highest BCUT2D eigenvalue weighted by atomic mass is 32.1. The molecule has 2 heterocycles. The van der Waals surface area contributed by atoms with Crippen molar-refractivity contribution in [1.29, 1.82) is 0 Å². The molecule has 146 valence electrons. The van der Waals surface area contributed by atoms with Crippen molar-refractivity contribution in [3.8, 4) is 0 Å². The van der Waals surface area contributed by atoms with Crippen LogP contribution >= 0.6 is 11.3 Å². The van der Waals surface area contributed by atoms with E-state index < -0.39 is 0 Å². The summed E-state index contributed by atoms with van der Waals surface area (Å²) in [7, 11) is 0. The third-order valence-electron chi connectivity index (χ3n) is 4.96. The van der Waals surface area contributed by atoms with Crippen LogP contribution in [0, 0.1) is 5.82 Å². The van der Waals surface area contributed by atoms with Gasteiger partial charge in [-0.1, -0.05) is 12.1 Å². The molecule has 0 unspecified atom stereocenters. The van der Waals surface area contributed by atoms with E-state index in [0.717, 1.165) is 55.2 Å². The van der Waals surface area contributed by atoms with Gasteiger partial charge < -0.3 is 15.5 Å². The second-order valence-corrected chi connectivity index (χ2v) is 7.98. The normalized spacial score (nSPS) is 15.4. The summed E-state index contributed by atoms with van der Waals surface area (Å²) in [4.78, 5) is 13.6. The van der Waals surface area contributed by atoms with E-state index in [9.17, 15) is 4.39 Å². The van der Waals surface area contributed by atoms with Gasteiger partial charge in [-0.15, -0.1) is 11.3 Å². The molecule has 1 aliphatic heterocycles. The van der Waals surface area contributed by atoms with Crippen LogP contribution in [0.4, 0.5) is 10.1 Å². The van der Waals surface area contributed by atoms with Gasteiger partial charge in [0.1, 0.15) is 5.82 Å². The van der Waals surface area contributed by atoms with Crippen molar-refractivity contribution in [2.45, 2.75) is 12.8 Å². The molecule has 28 heavy (non-hydrogen) atoms. The minimum atomic E-state index is -0.204. The molecule has 0 saturated carbocycles. The van der Waals surface area contributed by atoms with Crippen LogP contribution in [-0.4, -0.2) is 48.6 Å². The van der Waals surface area contributed by atoms with Crippen LogP contribution in [0.2, 0.25) is 0 Å². The molecule has 0 radical (unpaired) electrons. The molecule has 7 heteroatoms. The molecule has 3 aromatic rings. The van der Waals surface area contributed by atoms with Crippen molar-refractivity contribution in [2.24, 2.45) is 10.7 Å². The molecular weight excluding hydrogens is 373 g/mol. The van der Waals surface area contributed by atoms with Crippen molar-refractivity contribution < 1.29 is 4.39 Å². The standard InChI is InChI=1S/C21H24FN5S/c22-16-7-9-17(10-8-16)26-12-14-27(15-13-26)21(23)24-11-3-6-20-25-18-4-1-2-5-19(18)28-20/h1-2,4-5,7-10H,3,6,11-15H2,(H2,23,24). The number of nitrogens with zero attached hydrogens (tertiary/aromatic N) is 4. The van der Waals surface area contributed by atoms with Gasteiger partial charge in [-0.3, -0.25) is 4.99 Å². The number of hydrogen-bond acceptors (Lipinski definition) is 4. The largest absolute Gasteiger partial charge is 0.370 e. The average molecular weight is 398 g/mol. The summed E-state index contributed by atoms with van der Waals surface area (Å²) in [5.74, 6) is 0.410. The molecule has 0 atom stereocenters. The first-order chi connectivity index (χ1) is 13.7. The predicted molar refractivity (Wildman–Crippen MR) is 115 cm³/mol. The van der Waals surface area contributed by atoms with Crippen LogP contribution in [0.15, 0.2) is 53.5 Å². The number of benzene rings is 2. The number of piperazine rings is 1. The van der Waals surface area contributed by atoms with Crippen molar-refractivity contribution in [2.75, 3.05) is 37.6 Å². The number of anilines is 1. The van der Waals surface area contributed by atoms with E-state index >= 15 is 0 Å². The Morgan fingerprint density at radius 1 is 1.07 bits per heavy atom. The molecule has 1 aromatic heterocycles. The van der Waals surface area contributed by atoms with Gasteiger partial charge in [-0.05, 0) is 42.8 Å². The van der Waals surface area contributed by atoms with Crippen LogP contribution in [0.3, 0.4) is 0 Å². The molecule has 2 N–H and O–H groups in total. The van der Waals surface area contributed by atoms with Gasteiger partial charge >= 0.3 is 0 Å². The van der Waals surface area contributed by atoms with E-state index in [2.05, 4.69) is 31.9 Å². The third kappa shape index (κ3) is 4.42. The fourth-order valence-electron chi connectivity index (χ4n) is 3.40. The number of guanidine groups is 1. The smallest absolute Gasteiger partial charge is 0.191 e. The first-order valence-electron chi connectivity index (χ1n) is 9.59. The Labute approximate surface area is 168 Å². The van der Waals surface area contributed by atoms with Crippen LogP contribution in [0.1, 0.15) is 11.4 Å². The fraction of sp³-hybridized carbons (Fsp3) is 0.333. The van der Waals surface area contributed by atoms with Crippen molar-refractivity contribution in [3.63, 3.8) is 0 Å². The number of fused-ring (bicyclic) bond motifs is 1. The summed E-state index contributed by atoms with van der Waals surface area (Å²) < 4.78 is 14.3. The summed E-state index contributed by atoms with van der Waals surface area (Å²) >= 11 is 1.75. The van der Waals surface area contributed by atoms with Gasteiger partial charge in [-0.25, -0.2) is 9.37 Å². The van der Waals surface area contributed by atoms with Gasteiger partial charge in [0, 0.05) is 44.8 Å². The monoisotopic (exact) mass is 397 g/mol. The van der Waals surface area contributed by atoms with Crippen LogP contribution < -0.4 is 10.6 Å². The Kier molecular flexibility index (Phi) is 5.71. The number of aryl methyl sites for hydroxylation is 1. The van der Waals surface area contributed by atoms with E-state index in [-0.39, 0.29) is 5.82 Å². The van der Waals surface area contributed by atoms with Crippen LogP contribution in [-0.2, 0) is 6.42 Å². The minimum absolute atomic E-state index is 0.204. The predicted octanol–water partition coefficient (Wildman–Crippen LogP) is 3.50. The Bertz CT molecular complexity index is 912. The molecule has 0 aliphatic carbocycles. The molecule has 5 nitrogen and oxygen atoms in total. The van der Waals surface area contributed by atoms with E-state index in [0.29, 0.717) is 12.5 Å². The number of aromatic nitrogens is 1. The number of para-hydroxylation sites is 1. The number of aliphatic imine (C=N–C) groups is 1. The van der Waals surface area contributed by atoms with Crippen LogP contribution in [0.5, 0.6) is 0 Å². The number of thiazole rings is 1. The number of halogens is 1. The highest BCUT2D eigenvalue weighted by Crippen LogP contribution is 2.22. The molecule has 0 spiro atoms. The Morgan fingerprint density at radius 2 is 1.82 bits per heavy atom. The van der Waals surface area contributed by atoms with Gasteiger partial charge in [0.2, 0.25) is 0 Å². The van der Waals surface area contributed by atoms with E-state index in [1.54, 1.807) is 11.3 Å². The lowest BCUT2D eigenvalue weighted by Gasteiger charge is -2.36. The van der Waals surface area contributed by atoms with Gasteiger partial charge in [0.25, 0.3) is 0 Å². The zero-order chi connectivity index (χ0) is 19.3. The minimum Gasteiger partial charge on any atom is -0.370 e. The third-order valence-corrected chi connectivity index (χ3v) is 6.05. The Morgan fingerprint density at radius 3 is 2.57 bits per heavy atom. The first kappa shape index (κ1) is 18.7. The van der Waals surface area contributed by atoms with Gasteiger partial charge in [-0.2, -0.15) is 0 Å². The second-order valence-electron chi connectivity index (χ2n) is 6.87. The van der Waals surface area contributed by atoms with Crippen molar-refractivity contribution in [3.05, 3.63) is 59.4 Å². The maximum Gasteiger partial charge on any atom is 0.191 e. The van der Waals surface area contributed by atoms with Gasteiger partial charge in [0.05, 0.1) is 15.2 Å². The molecule has 2 aromatic carbocycles. The Balaban J connectivity index is 1.24. The second kappa shape index (κ2) is 8.56.